The Morgan fingerprint density at radius 3 is 3.00 bits per heavy atom. The molecular formula is C16H22N2O3S. The molecule has 120 valence electrons. The third-order valence-electron chi connectivity index (χ3n) is 5.18. The molecule has 1 saturated carbocycles. The zero-order valence-electron chi connectivity index (χ0n) is 12.8. The highest BCUT2D eigenvalue weighted by Crippen LogP contribution is 2.48. The van der Waals surface area contributed by atoms with Gasteiger partial charge in [0.05, 0.1) is 5.41 Å². The summed E-state index contributed by atoms with van der Waals surface area (Å²) in [5, 5.41) is 14.5. The SMILES string of the molecule is Cc1ccsc1CCNC(=O)N1C[C@@H]2CCC[C@@]2(C(=O)O)C1. The van der Waals surface area contributed by atoms with Crippen LogP contribution in [0.15, 0.2) is 11.4 Å². The molecule has 0 spiro atoms. The fraction of sp³-hybridized carbons (Fsp3) is 0.625. The van der Waals surface area contributed by atoms with Crippen molar-refractivity contribution in [1.29, 1.82) is 0 Å². The van der Waals surface area contributed by atoms with Crippen LogP contribution in [-0.4, -0.2) is 41.6 Å². The standard InChI is InChI=1S/C16H22N2O3S/c1-11-5-8-22-13(11)4-7-17-15(21)18-9-12-3-2-6-16(12,10-18)14(19)20/h5,8,12H,2-4,6-7,9-10H2,1H3,(H,17,21)(H,19,20)/t12-,16+/m0/s1. The molecule has 0 unspecified atom stereocenters. The smallest absolute Gasteiger partial charge is 0.317 e. The summed E-state index contributed by atoms with van der Waals surface area (Å²) in [5.41, 5.74) is 0.571. The molecule has 1 aromatic rings. The molecule has 2 atom stereocenters. The lowest BCUT2D eigenvalue weighted by Gasteiger charge is -2.23. The van der Waals surface area contributed by atoms with Gasteiger partial charge in [0.2, 0.25) is 0 Å². The molecule has 2 aliphatic rings. The van der Waals surface area contributed by atoms with Crippen LogP contribution in [0.25, 0.3) is 0 Å². The summed E-state index contributed by atoms with van der Waals surface area (Å²) >= 11 is 1.71. The number of carbonyl (C=O) groups excluding carboxylic acids is 1. The zero-order valence-corrected chi connectivity index (χ0v) is 13.6. The Bertz CT molecular complexity index is 586. The van der Waals surface area contributed by atoms with Gasteiger partial charge in [-0.1, -0.05) is 6.42 Å². The second kappa shape index (κ2) is 5.91. The van der Waals surface area contributed by atoms with Crippen molar-refractivity contribution in [3.63, 3.8) is 0 Å². The van der Waals surface area contributed by atoms with Crippen molar-refractivity contribution in [2.75, 3.05) is 19.6 Å². The number of carboxylic acids is 1. The van der Waals surface area contributed by atoms with Crippen LogP contribution in [0, 0.1) is 18.3 Å². The molecule has 0 aromatic carbocycles. The number of nitrogens with zero attached hydrogens (tertiary/aromatic N) is 1. The quantitative estimate of drug-likeness (QED) is 0.895. The van der Waals surface area contributed by atoms with Gasteiger partial charge in [0, 0.05) is 24.5 Å². The summed E-state index contributed by atoms with van der Waals surface area (Å²) in [4.78, 5) is 26.9. The second-order valence-electron chi connectivity index (χ2n) is 6.44. The highest BCUT2D eigenvalue weighted by atomic mass is 32.1. The van der Waals surface area contributed by atoms with Crippen molar-refractivity contribution in [3.05, 3.63) is 21.9 Å². The number of amides is 2. The Morgan fingerprint density at radius 1 is 1.55 bits per heavy atom. The van der Waals surface area contributed by atoms with Gasteiger partial charge in [-0.15, -0.1) is 11.3 Å². The van der Waals surface area contributed by atoms with E-state index in [-0.39, 0.29) is 11.9 Å². The van der Waals surface area contributed by atoms with Crippen molar-refractivity contribution < 1.29 is 14.7 Å². The Kier molecular flexibility index (Phi) is 4.12. The van der Waals surface area contributed by atoms with Crippen LogP contribution < -0.4 is 5.32 Å². The van der Waals surface area contributed by atoms with Crippen molar-refractivity contribution >= 4 is 23.3 Å². The zero-order chi connectivity index (χ0) is 15.7. The molecule has 5 nitrogen and oxygen atoms in total. The summed E-state index contributed by atoms with van der Waals surface area (Å²) in [7, 11) is 0. The predicted molar refractivity (Wildman–Crippen MR) is 85.1 cm³/mol. The minimum atomic E-state index is -0.737. The normalized spacial score (nSPS) is 27.0. The monoisotopic (exact) mass is 322 g/mol. The fourth-order valence-electron chi connectivity index (χ4n) is 3.85. The number of rotatable bonds is 4. The van der Waals surface area contributed by atoms with E-state index >= 15 is 0 Å². The number of hydrogen-bond acceptors (Lipinski definition) is 3. The molecule has 22 heavy (non-hydrogen) atoms. The molecule has 1 aromatic heterocycles. The van der Waals surface area contributed by atoms with E-state index in [2.05, 4.69) is 23.7 Å². The second-order valence-corrected chi connectivity index (χ2v) is 7.44. The van der Waals surface area contributed by atoms with Crippen LogP contribution in [-0.2, 0) is 11.2 Å². The lowest BCUT2D eigenvalue weighted by atomic mass is 9.81. The third kappa shape index (κ3) is 2.60. The molecule has 0 bridgehead atoms. The highest BCUT2D eigenvalue weighted by Gasteiger charge is 2.55. The van der Waals surface area contributed by atoms with Gasteiger partial charge < -0.3 is 15.3 Å². The van der Waals surface area contributed by atoms with Crippen LogP contribution in [0.3, 0.4) is 0 Å². The summed E-state index contributed by atoms with van der Waals surface area (Å²) < 4.78 is 0. The Labute approximate surface area is 134 Å². The Balaban J connectivity index is 1.54. The summed E-state index contributed by atoms with van der Waals surface area (Å²) in [6.45, 7) is 3.61. The predicted octanol–water partition coefficient (Wildman–Crippen LogP) is 2.50. The van der Waals surface area contributed by atoms with Gasteiger partial charge in [0.25, 0.3) is 0 Å². The van der Waals surface area contributed by atoms with Gasteiger partial charge in [-0.25, -0.2) is 4.79 Å². The lowest BCUT2D eigenvalue weighted by molar-refractivity contribution is -0.149. The van der Waals surface area contributed by atoms with Gasteiger partial charge >= 0.3 is 12.0 Å². The number of aryl methyl sites for hydroxylation is 1. The molecule has 1 aliphatic heterocycles. The van der Waals surface area contributed by atoms with Crippen molar-refractivity contribution in [3.8, 4) is 0 Å². The third-order valence-corrected chi connectivity index (χ3v) is 6.26. The number of nitrogens with one attached hydrogen (secondary N) is 1. The average Bonchev–Trinajstić information content (AvgIpc) is 3.12. The molecule has 1 aliphatic carbocycles. The molecule has 2 amide bonds. The molecule has 2 N–H and O–H groups in total. The van der Waals surface area contributed by atoms with Crippen molar-refractivity contribution in [1.82, 2.24) is 10.2 Å². The first-order chi connectivity index (χ1) is 10.5. The summed E-state index contributed by atoms with van der Waals surface area (Å²) in [6.07, 6.45) is 3.41. The number of aliphatic carboxylic acids is 1. The van der Waals surface area contributed by atoms with Gasteiger partial charge in [-0.3, -0.25) is 4.79 Å². The van der Waals surface area contributed by atoms with Gasteiger partial charge in [-0.2, -0.15) is 0 Å². The fourth-order valence-corrected chi connectivity index (χ4v) is 4.76. The lowest BCUT2D eigenvalue weighted by Crippen LogP contribution is -2.42. The number of hydrogen-bond donors (Lipinski definition) is 2. The van der Waals surface area contributed by atoms with E-state index in [1.54, 1.807) is 16.2 Å². The molecule has 0 radical (unpaired) electrons. The minimum Gasteiger partial charge on any atom is -0.481 e. The van der Waals surface area contributed by atoms with Gasteiger partial charge in [-0.05, 0) is 49.1 Å². The summed E-state index contributed by atoms with van der Waals surface area (Å²) in [6, 6.07) is 1.96. The van der Waals surface area contributed by atoms with E-state index in [4.69, 9.17) is 0 Å². The van der Waals surface area contributed by atoms with Crippen LogP contribution in [0.2, 0.25) is 0 Å². The van der Waals surface area contributed by atoms with E-state index < -0.39 is 11.4 Å². The maximum atomic E-state index is 12.3. The van der Waals surface area contributed by atoms with Crippen molar-refractivity contribution in [2.45, 2.75) is 32.6 Å². The first-order valence-corrected chi connectivity index (χ1v) is 8.70. The highest BCUT2D eigenvalue weighted by molar-refractivity contribution is 7.10. The molecule has 2 heterocycles. The van der Waals surface area contributed by atoms with E-state index in [0.29, 0.717) is 26.1 Å². The number of carbonyl (C=O) groups is 2. The van der Waals surface area contributed by atoms with E-state index in [1.807, 2.05) is 0 Å². The van der Waals surface area contributed by atoms with Crippen LogP contribution in [0.1, 0.15) is 29.7 Å². The number of urea groups is 1. The Morgan fingerprint density at radius 2 is 2.36 bits per heavy atom. The van der Waals surface area contributed by atoms with E-state index in [1.165, 1.54) is 10.4 Å². The van der Waals surface area contributed by atoms with E-state index in [9.17, 15) is 14.7 Å². The maximum absolute atomic E-state index is 12.3. The molecular weight excluding hydrogens is 300 g/mol. The van der Waals surface area contributed by atoms with Crippen molar-refractivity contribution in [2.24, 2.45) is 11.3 Å². The Hall–Kier alpha value is -1.56. The molecule has 3 rings (SSSR count). The first-order valence-electron chi connectivity index (χ1n) is 7.82. The largest absolute Gasteiger partial charge is 0.481 e. The maximum Gasteiger partial charge on any atom is 0.317 e. The topological polar surface area (TPSA) is 69.6 Å². The number of carboxylic acid groups (broad SMARTS) is 1. The van der Waals surface area contributed by atoms with Crippen LogP contribution in [0.5, 0.6) is 0 Å². The minimum absolute atomic E-state index is 0.121. The average molecular weight is 322 g/mol. The van der Waals surface area contributed by atoms with Gasteiger partial charge in [0.1, 0.15) is 0 Å². The molecule has 1 saturated heterocycles. The summed E-state index contributed by atoms with van der Waals surface area (Å²) in [5.74, 6) is -0.616. The van der Waals surface area contributed by atoms with E-state index in [0.717, 1.165) is 19.3 Å². The first kappa shape index (κ1) is 15.3. The molecule has 2 fully saturated rings. The number of fused-ring (bicyclic) bond motifs is 1. The van der Waals surface area contributed by atoms with Crippen LogP contribution >= 0.6 is 11.3 Å². The number of likely N-dealkylation sites (tertiary alicyclic amines) is 1. The molecule has 6 heteroatoms. The number of thiophene rings is 1. The van der Waals surface area contributed by atoms with Gasteiger partial charge in [0.15, 0.2) is 0 Å². The van der Waals surface area contributed by atoms with Crippen LogP contribution in [0.4, 0.5) is 4.79 Å².